The molecule has 6 heteroatoms. The highest BCUT2D eigenvalue weighted by Crippen LogP contribution is 2.21. The zero-order chi connectivity index (χ0) is 16.0. The van der Waals surface area contributed by atoms with Crippen LogP contribution in [-0.4, -0.2) is 25.0 Å². The van der Waals surface area contributed by atoms with Gasteiger partial charge in [0.25, 0.3) is 0 Å². The lowest BCUT2D eigenvalue weighted by molar-refractivity contribution is -0.145. The van der Waals surface area contributed by atoms with Crippen molar-refractivity contribution in [2.45, 2.75) is 19.9 Å². The molecule has 0 spiro atoms. The number of rotatable bonds is 5. The van der Waals surface area contributed by atoms with Gasteiger partial charge in [-0.2, -0.15) is 0 Å². The zero-order valence-electron chi connectivity index (χ0n) is 12.0. The second kappa shape index (κ2) is 8.05. The molecule has 0 saturated heterocycles. The maximum atomic E-state index is 11.9. The quantitative estimate of drug-likeness (QED) is 0.666. The maximum absolute atomic E-state index is 11.9. The third kappa shape index (κ3) is 5.40. The van der Waals surface area contributed by atoms with Crippen molar-refractivity contribution in [1.29, 1.82) is 0 Å². The first-order chi connectivity index (χ1) is 9.85. The molecule has 21 heavy (non-hydrogen) atoms. The normalized spacial score (nSPS) is 12.5. The molecule has 0 aliphatic heterocycles. The predicted octanol–water partition coefficient (Wildman–Crippen LogP) is 3.32. The van der Waals surface area contributed by atoms with E-state index in [0.29, 0.717) is 15.6 Å². The second-order valence-electron chi connectivity index (χ2n) is 4.75. The molecule has 1 aromatic carbocycles. The number of ether oxygens (including phenoxy) is 1. The first kappa shape index (κ1) is 17.5. The smallest absolute Gasteiger partial charge is 0.328 e. The predicted molar refractivity (Wildman–Crippen MR) is 84.3 cm³/mol. The molecule has 0 unspecified atom stereocenters. The van der Waals surface area contributed by atoms with Crippen LogP contribution in [0.15, 0.2) is 24.3 Å². The summed E-state index contributed by atoms with van der Waals surface area (Å²) in [6.07, 6.45) is 2.87. The first-order valence-corrected chi connectivity index (χ1v) is 7.12. The van der Waals surface area contributed by atoms with Gasteiger partial charge in [0, 0.05) is 16.1 Å². The van der Waals surface area contributed by atoms with Crippen LogP contribution in [0.25, 0.3) is 6.08 Å². The zero-order valence-corrected chi connectivity index (χ0v) is 13.5. The fourth-order valence-corrected chi connectivity index (χ4v) is 2.10. The molecule has 1 atom stereocenters. The number of carbonyl (C=O) groups is 2. The molecule has 0 aromatic heterocycles. The summed E-state index contributed by atoms with van der Waals surface area (Å²) < 4.78 is 4.66. The number of nitrogens with one attached hydrogen (secondary N) is 1. The highest BCUT2D eigenvalue weighted by atomic mass is 35.5. The van der Waals surface area contributed by atoms with Gasteiger partial charge in [0.1, 0.15) is 6.04 Å². The highest BCUT2D eigenvalue weighted by Gasteiger charge is 2.23. The molecule has 0 fully saturated rings. The molecule has 1 rings (SSSR count). The van der Waals surface area contributed by atoms with E-state index in [1.807, 2.05) is 13.8 Å². The van der Waals surface area contributed by atoms with Gasteiger partial charge < -0.3 is 10.1 Å². The summed E-state index contributed by atoms with van der Waals surface area (Å²) in [5, 5.41) is 3.56. The van der Waals surface area contributed by atoms with E-state index in [4.69, 9.17) is 23.2 Å². The fraction of sp³-hybridized carbons (Fsp3) is 0.333. The molecule has 0 heterocycles. The average molecular weight is 330 g/mol. The number of benzene rings is 1. The van der Waals surface area contributed by atoms with Crippen LogP contribution in [0.5, 0.6) is 0 Å². The Morgan fingerprint density at radius 1 is 1.29 bits per heavy atom. The topological polar surface area (TPSA) is 55.4 Å². The Labute approximate surface area is 134 Å². The minimum atomic E-state index is -0.687. The number of carbonyl (C=O) groups excluding carboxylic acids is 2. The number of hydrogen-bond donors (Lipinski definition) is 1. The van der Waals surface area contributed by atoms with Gasteiger partial charge in [0.2, 0.25) is 5.91 Å². The number of esters is 1. The van der Waals surface area contributed by atoms with Crippen LogP contribution in [0.2, 0.25) is 10.0 Å². The molecule has 1 aromatic rings. The molecule has 0 bridgehead atoms. The van der Waals surface area contributed by atoms with E-state index in [1.165, 1.54) is 13.2 Å². The van der Waals surface area contributed by atoms with Crippen molar-refractivity contribution in [2.75, 3.05) is 7.11 Å². The van der Waals surface area contributed by atoms with E-state index in [0.717, 1.165) is 0 Å². The fourth-order valence-electron chi connectivity index (χ4n) is 1.63. The number of amides is 1. The number of hydrogen-bond acceptors (Lipinski definition) is 3. The van der Waals surface area contributed by atoms with Crippen LogP contribution < -0.4 is 5.32 Å². The van der Waals surface area contributed by atoms with Crippen molar-refractivity contribution >= 4 is 41.2 Å². The Morgan fingerprint density at radius 2 is 1.95 bits per heavy atom. The molecule has 0 aliphatic carbocycles. The lowest BCUT2D eigenvalue weighted by atomic mass is 10.0. The molecule has 0 saturated carbocycles. The summed E-state index contributed by atoms with van der Waals surface area (Å²) in [5.74, 6) is -0.949. The van der Waals surface area contributed by atoms with Crippen molar-refractivity contribution in [3.05, 3.63) is 39.9 Å². The summed E-state index contributed by atoms with van der Waals surface area (Å²) in [6.45, 7) is 3.64. The Balaban J connectivity index is 2.76. The molecule has 0 radical (unpaired) electrons. The van der Waals surface area contributed by atoms with Crippen LogP contribution in [0.4, 0.5) is 0 Å². The van der Waals surface area contributed by atoms with Gasteiger partial charge in [0.05, 0.1) is 7.11 Å². The van der Waals surface area contributed by atoms with Crippen LogP contribution >= 0.6 is 23.2 Å². The van der Waals surface area contributed by atoms with Gasteiger partial charge in [-0.05, 0) is 29.7 Å². The molecule has 114 valence electrons. The van der Waals surface area contributed by atoms with Gasteiger partial charge in [0.15, 0.2) is 0 Å². The standard InChI is InChI=1S/C15H17Cl2NO3/c1-9(2)14(15(20)21-3)18-13(19)7-5-10-4-6-11(16)8-12(10)17/h4-9,14H,1-3H3,(H,18,19)/b7-5+/t14-/m1/s1. The summed E-state index contributed by atoms with van der Waals surface area (Å²) in [4.78, 5) is 23.4. The van der Waals surface area contributed by atoms with Gasteiger partial charge in [-0.3, -0.25) is 4.79 Å². The Morgan fingerprint density at radius 3 is 2.48 bits per heavy atom. The first-order valence-electron chi connectivity index (χ1n) is 6.36. The molecular formula is C15H17Cl2NO3. The van der Waals surface area contributed by atoms with Crippen LogP contribution in [0, 0.1) is 5.92 Å². The van der Waals surface area contributed by atoms with E-state index in [-0.39, 0.29) is 5.92 Å². The van der Waals surface area contributed by atoms with Crippen molar-refractivity contribution < 1.29 is 14.3 Å². The largest absolute Gasteiger partial charge is 0.467 e. The van der Waals surface area contributed by atoms with Crippen LogP contribution in [-0.2, 0) is 14.3 Å². The number of halogens is 2. The van der Waals surface area contributed by atoms with Crippen LogP contribution in [0.3, 0.4) is 0 Å². The second-order valence-corrected chi connectivity index (χ2v) is 5.60. The third-order valence-corrected chi connectivity index (χ3v) is 3.36. The Bertz CT molecular complexity index is 556. The summed E-state index contributed by atoms with van der Waals surface area (Å²) in [7, 11) is 1.28. The lowest BCUT2D eigenvalue weighted by Gasteiger charge is -2.18. The highest BCUT2D eigenvalue weighted by molar-refractivity contribution is 6.35. The lowest BCUT2D eigenvalue weighted by Crippen LogP contribution is -2.44. The summed E-state index contributed by atoms with van der Waals surface area (Å²) in [5.41, 5.74) is 0.662. The van der Waals surface area contributed by atoms with E-state index in [2.05, 4.69) is 10.1 Å². The van der Waals surface area contributed by atoms with Crippen LogP contribution in [0.1, 0.15) is 19.4 Å². The Hall–Kier alpha value is -1.52. The van der Waals surface area contributed by atoms with Crippen molar-refractivity contribution in [3.63, 3.8) is 0 Å². The Kier molecular flexibility index (Phi) is 6.72. The van der Waals surface area contributed by atoms with Gasteiger partial charge in [-0.15, -0.1) is 0 Å². The molecule has 4 nitrogen and oxygen atoms in total. The van der Waals surface area contributed by atoms with Gasteiger partial charge >= 0.3 is 5.97 Å². The van der Waals surface area contributed by atoms with Crippen molar-refractivity contribution in [3.8, 4) is 0 Å². The van der Waals surface area contributed by atoms with E-state index in [1.54, 1.807) is 24.3 Å². The van der Waals surface area contributed by atoms with Crippen molar-refractivity contribution in [1.82, 2.24) is 5.32 Å². The van der Waals surface area contributed by atoms with Gasteiger partial charge in [-0.25, -0.2) is 4.79 Å². The van der Waals surface area contributed by atoms with E-state index < -0.39 is 17.9 Å². The van der Waals surface area contributed by atoms with Crippen molar-refractivity contribution in [2.24, 2.45) is 5.92 Å². The van der Waals surface area contributed by atoms with Gasteiger partial charge in [-0.1, -0.05) is 43.1 Å². The minimum absolute atomic E-state index is 0.0751. The summed E-state index contributed by atoms with van der Waals surface area (Å²) in [6, 6.07) is 4.28. The number of methoxy groups -OCH3 is 1. The molecule has 1 N–H and O–H groups in total. The SMILES string of the molecule is COC(=O)[C@H](NC(=O)/C=C/c1ccc(Cl)cc1Cl)C(C)C. The molecular weight excluding hydrogens is 313 g/mol. The molecule has 1 amide bonds. The maximum Gasteiger partial charge on any atom is 0.328 e. The molecule has 0 aliphatic rings. The minimum Gasteiger partial charge on any atom is -0.467 e. The van der Waals surface area contributed by atoms with E-state index >= 15 is 0 Å². The summed E-state index contributed by atoms with van der Waals surface area (Å²) >= 11 is 11.8. The van der Waals surface area contributed by atoms with E-state index in [9.17, 15) is 9.59 Å². The monoisotopic (exact) mass is 329 g/mol. The average Bonchev–Trinajstić information content (AvgIpc) is 2.42. The third-order valence-electron chi connectivity index (χ3n) is 2.80.